The van der Waals surface area contributed by atoms with Gasteiger partial charge in [0.15, 0.2) is 0 Å². The highest BCUT2D eigenvalue weighted by atomic mass is 19.1. The van der Waals surface area contributed by atoms with Crippen LogP contribution in [0.15, 0.2) is 42.5 Å². The molecule has 1 aromatic carbocycles. The number of aromatic nitrogens is 1. The molecule has 0 spiro atoms. The van der Waals surface area contributed by atoms with E-state index in [2.05, 4.69) is 10.3 Å². The molecule has 2 rings (SSSR count). The molecule has 0 atom stereocenters. The molecule has 0 bridgehead atoms. The summed E-state index contributed by atoms with van der Waals surface area (Å²) in [5.41, 5.74) is 1.95. The number of halogens is 1. The summed E-state index contributed by atoms with van der Waals surface area (Å²) in [6, 6.07) is 12.4. The van der Waals surface area contributed by atoms with Crippen LogP contribution in [0.25, 0.3) is 0 Å². The van der Waals surface area contributed by atoms with Crippen LogP contribution >= 0.6 is 0 Å². The lowest BCUT2D eigenvalue weighted by atomic mass is 10.2. The quantitative estimate of drug-likeness (QED) is 0.893. The lowest BCUT2D eigenvalue weighted by molar-refractivity contribution is 0.627. The molecule has 100 valence electrons. The number of pyridine rings is 1. The first kappa shape index (κ1) is 13.3. The molecular formula is C15H18FN3. The first-order valence-electron chi connectivity index (χ1n) is 6.35. The largest absolute Gasteiger partial charge is 0.370 e. The Hall–Kier alpha value is -2.10. The molecule has 3 nitrogen and oxygen atoms in total. The van der Waals surface area contributed by atoms with E-state index in [9.17, 15) is 4.39 Å². The molecule has 1 N–H and O–H groups in total. The molecule has 0 unspecified atom stereocenters. The summed E-state index contributed by atoms with van der Waals surface area (Å²) in [4.78, 5) is 6.56. The molecule has 0 fully saturated rings. The van der Waals surface area contributed by atoms with Crippen LogP contribution in [0.2, 0.25) is 0 Å². The standard InChI is InChI=1S/C15H18FN3/c1-3-17-15-6-4-5-13(18-15)11-19(2)14-9-7-12(16)8-10-14/h4-10H,3,11H2,1-2H3,(H,17,18). The lowest BCUT2D eigenvalue weighted by Crippen LogP contribution is -2.17. The van der Waals surface area contributed by atoms with E-state index in [1.807, 2.05) is 37.1 Å². The molecule has 1 aromatic heterocycles. The zero-order valence-corrected chi connectivity index (χ0v) is 11.2. The monoisotopic (exact) mass is 259 g/mol. The molecule has 0 amide bonds. The molecule has 0 aliphatic rings. The van der Waals surface area contributed by atoms with Crippen molar-refractivity contribution in [1.29, 1.82) is 0 Å². The average molecular weight is 259 g/mol. The van der Waals surface area contributed by atoms with E-state index in [-0.39, 0.29) is 5.82 Å². The zero-order chi connectivity index (χ0) is 13.7. The summed E-state index contributed by atoms with van der Waals surface area (Å²) in [5, 5.41) is 3.19. The number of rotatable bonds is 5. The van der Waals surface area contributed by atoms with Gasteiger partial charge in [-0.3, -0.25) is 0 Å². The number of hydrogen-bond acceptors (Lipinski definition) is 3. The van der Waals surface area contributed by atoms with Gasteiger partial charge in [0.25, 0.3) is 0 Å². The number of hydrogen-bond donors (Lipinski definition) is 1. The van der Waals surface area contributed by atoms with E-state index >= 15 is 0 Å². The van der Waals surface area contributed by atoms with Crippen LogP contribution in [-0.2, 0) is 6.54 Å². The highest BCUT2D eigenvalue weighted by Gasteiger charge is 2.04. The van der Waals surface area contributed by atoms with Gasteiger partial charge in [-0.25, -0.2) is 9.37 Å². The van der Waals surface area contributed by atoms with Gasteiger partial charge in [-0.15, -0.1) is 0 Å². The van der Waals surface area contributed by atoms with Gasteiger partial charge in [-0.1, -0.05) is 6.07 Å². The minimum atomic E-state index is -0.218. The Bertz CT molecular complexity index is 525. The van der Waals surface area contributed by atoms with E-state index in [0.29, 0.717) is 6.54 Å². The Morgan fingerprint density at radius 2 is 1.89 bits per heavy atom. The van der Waals surface area contributed by atoms with Gasteiger partial charge in [0, 0.05) is 19.3 Å². The minimum absolute atomic E-state index is 0.218. The van der Waals surface area contributed by atoms with Gasteiger partial charge in [0.1, 0.15) is 11.6 Å². The van der Waals surface area contributed by atoms with Crippen LogP contribution in [0.5, 0.6) is 0 Å². The van der Waals surface area contributed by atoms with Crippen molar-refractivity contribution in [2.45, 2.75) is 13.5 Å². The van der Waals surface area contributed by atoms with Crippen LogP contribution in [0.3, 0.4) is 0 Å². The normalized spacial score (nSPS) is 10.3. The second-order valence-electron chi connectivity index (χ2n) is 4.38. The first-order chi connectivity index (χ1) is 9.19. The summed E-state index contributed by atoms with van der Waals surface area (Å²) in [7, 11) is 1.97. The third-order valence-corrected chi connectivity index (χ3v) is 2.83. The van der Waals surface area contributed by atoms with E-state index in [1.165, 1.54) is 12.1 Å². The topological polar surface area (TPSA) is 28.2 Å². The van der Waals surface area contributed by atoms with Crippen molar-refractivity contribution in [3.8, 4) is 0 Å². The number of nitrogens with one attached hydrogen (secondary N) is 1. The number of benzene rings is 1. The van der Waals surface area contributed by atoms with Gasteiger partial charge in [-0.2, -0.15) is 0 Å². The molecule has 0 saturated carbocycles. The van der Waals surface area contributed by atoms with Crippen LogP contribution < -0.4 is 10.2 Å². The number of anilines is 2. The smallest absolute Gasteiger partial charge is 0.126 e. The molecule has 0 saturated heterocycles. The van der Waals surface area contributed by atoms with Crippen LogP contribution in [0.1, 0.15) is 12.6 Å². The van der Waals surface area contributed by atoms with Gasteiger partial charge in [-0.05, 0) is 43.3 Å². The van der Waals surface area contributed by atoms with Gasteiger partial charge in [0.2, 0.25) is 0 Å². The fraction of sp³-hybridized carbons (Fsp3) is 0.267. The summed E-state index contributed by atoms with van der Waals surface area (Å²) >= 11 is 0. The van der Waals surface area contributed by atoms with Crippen LogP contribution in [-0.4, -0.2) is 18.6 Å². The van der Waals surface area contributed by atoms with Crippen molar-refractivity contribution in [2.24, 2.45) is 0 Å². The zero-order valence-electron chi connectivity index (χ0n) is 11.2. The van der Waals surface area contributed by atoms with Crippen molar-refractivity contribution in [2.75, 3.05) is 23.8 Å². The molecule has 0 radical (unpaired) electrons. The molecular weight excluding hydrogens is 241 g/mol. The van der Waals surface area contributed by atoms with Crippen molar-refractivity contribution in [1.82, 2.24) is 4.98 Å². The molecule has 1 heterocycles. The summed E-state index contributed by atoms with van der Waals surface area (Å²) in [6.45, 7) is 3.58. The van der Waals surface area contributed by atoms with Crippen molar-refractivity contribution in [3.05, 3.63) is 54.0 Å². The fourth-order valence-electron chi connectivity index (χ4n) is 1.88. The predicted octanol–water partition coefficient (Wildman–Crippen LogP) is 3.29. The average Bonchev–Trinajstić information content (AvgIpc) is 2.40. The molecule has 4 heteroatoms. The predicted molar refractivity (Wildman–Crippen MR) is 76.9 cm³/mol. The Labute approximate surface area is 113 Å². The fourth-order valence-corrected chi connectivity index (χ4v) is 1.88. The van der Waals surface area contributed by atoms with Gasteiger partial charge < -0.3 is 10.2 Å². The second-order valence-corrected chi connectivity index (χ2v) is 4.38. The van der Waals surface area contributed by atoms with E-state index in [1.54, 1.807) is 12.1 Å². The third kappa shape index (κ3) is 3.68. The van der Waals surface area contributed by atoms with Crippen LogP contribution in [0, 0.1) is 5.82 Å². The Kier molecular flexibility index (Phi) is 4.34. The summed E-state index contributed by atoms with van der Waals surface area (Å²) < 4.78 is 12.9. The van der Waals surface area contributed by atoms with Gasteiger partial charge >= 0.3 is 0 Å². The number of nitrogens with zero attached hydrogens (tertiary/aromatic N) is 2. The van der Waals surface area contributed by atoms with E-state index in [4.69, 9.17) is 0 Å². The Balaban J connectivity index is 2.07. The summed E-state index contributed by atoms with van der Waals surface area (Å²) in [5.74, 6) is 0.664. The maximum atomic E-state index is 12.9. The molecule has 0 aliphatic heterocycles. The van der Waals surface area contributed by atoms with Crippen molar-refractivity contribution in [3.63, 3.8) is 0 Å². The SMILES string of the molecule is CCNc1cccc(CN(C)c2ccc(F)cc2)n1. The van der Waals surface area contributed by atoms with Crippen molar-refractivity contribution >= 4 is 11.5 Å². The molecule has 19 heavy (non-hydrogen) atoms. The molecule has 0 aliphatic carbocycles. The van der Waals surface area contributed by atoms with E-state index < -0.39 is 0 Å². The first-order valence-corrected chi connectivity index (χ1v) is 6.35. The van der Waals surface area contributed by atoms with E-state index in [0.717, 1.165) is 23.7 Å². The second kappa shape index (κ2) is 6.18. The minimum Gasteiger partial charge on any atom is -0.370 e. The molecule has 2 aromatic rings. The van der Waals surface area contributed by atoms with Crippen molar-refractivity contribution < 1.29 is 4.39 Å². The Morgan fingerprint density at radius 3 is 2.58 bits per heavy atom. The Morgan fingerprint density at radius 1 is 1.16 bits per heavy atom. The lowest BCUT2D eigenvalue weighted by Gasteiger charge is -2.19. The maximum absolute atomic E-state index is 12.9. The highest BCUT2D eigenvalue weighted by Crippen LogP contribution is 2.16. The highest BCUT2D eigenvalue weighted by molar-refractivity contribution is 5.46. The van der Waals surface area contributed by atoms with Crippen LogP contribution in [0.4, 0.5) is 15.9 Å². The maximum Gasteiger partial charge on any atom is 0.126 e. The van der Waals surface area contributed by atoms with Gasteiger partial charge in [0.05, 0.1) is 12.2 Å². The third-order valence-electron chi connectivity index (χ3n) is 2.83. The summed E-state index contributed by atoms with van der Waals surface area (Å²) in [6.07, 6.45) is 0.